The molecule has 0 atom stereocenters. The van der Waals surface area contributed by atoms with Crippen molar-refractivity contribution in [2.75, 3.05) is 7.11 Å². The maximum Gasteiger partial charge on any atom is 0.172 e. The highest BCUT2D eigenvalue weighted by atomic mass is 32.2. The van der Waals surface area contributed by atoms with Gasteiger partial charge in [0.2, 0.25) is 0 Å². The minimum absolute atomic E-state index is 0.855. The molecule has 0 radical (unpaired) electrons. The van der Waals surface area contributed by atoms with E-state index in [0.29, 0.717) is 0 Å². The van der Waals surface area contributed by atoms with Gasteiger partial charge in [-0.2, -0.15) is 0 Å². The first-order chi connectivity index (χ1) is 10.3. The Morgan fingerprint density at radius 1 is 1.24 bits per heavy atom. The van der Waals surface area contributed by atoms with Crippen molar-refractivity contribution in [1.29, 1.82) is 0 Å². The van der Waals surface area contributed by atoms with Gasteiger partial charge in [0.15, 0.2) is 5.16 Å². The summed E-state index contributed by atoms with van der Waals surface area (Å²) in [7, 11) is 1.67. The molecule has 0 aliphatic heterocycles. The molecule has 4 nitrogen and oxygen atoms in total. The topological polar surface area (TPSA) is 39.9 Å². The predicted octanol–water partition coefficient (Wildman–Crippen LogP) is 3.94. The monoisotopic (exact) mass is 317 g/mol. The number of methoxy groups -OCH3 is 1. The molecule has 3 aromatic rings. The second kappa shape index (κ2) is 6.32. The van der Waals surface area contributed by atoms with Gasteiger partial charge >= 0.3 is 0 Å². The lowest BCUT2D eigenvalue weighted by atomic mass is 10.3. The maximum atomic E-state index is 5.19. The van der Waals surface area contributed by atoms with E-state index in [9.17, 15) is 0 Å². The van der Waals surface area contributed by atoms with Crippen LogP contribution in [0.2, 0.25) is 0 Å². The van der Waals surface area contributed by atoms with E-state index in [-0.39, 0.29) is 0 Å². The number of rotatable bonds is 5. The summed E-state index contributed by atoms with van der Waals surface area (Å²) in [6.45, 7) is 2.02. The van der Waals surface area contributed by atoms with Crippen LogP contribution in [0.5, 0.6) is 5.75 Å². The number of hydrogen-bond acceptors (Lipinski definition) is 5. The molecule has 2 heterocycles. The Bertz CT molecular complexity index is 719. The predicted molar refractivity (Wildman–Crippen MR) is 86.5 cm³/mol. The molecule has 0 aliphatic rings. The summed E-state index contributed by atoms with van der Waals surface area (Å²) >= 11 is 3.45. The minimum Gasteiger partial charge on any atom is -0.497 e. The standard InChI is InChI=1S/C15H15N3OS2/c1-11-17-9-14(21-11)10-20-15-16-7-8-18(15)12-3-5-13(19-2)6-4-12/h3-9H,10H2,1-2H3. The van der Waals surface area contributed by atoms with Gasteiger partial charge in [0.05, 0.1) is 12.1 Å². The molecule has 0 N–H and O–H groups in total. The largest absolute Gasteiger partial charge is 0.497 e. The molecule has 1 aromatic carbocycles. The number of thiazole rings is 1. The van der Waals surface area contributed by atoms with Gasteiger partial charge in [0, 0.05) is 34.9 Å². The molecule has 0 unspecified atom stereocenters. The number of nitrogens with zero attached hydrogens (tertiary/aromatic N) is 3. The Kier molecular flexibility index (Phi) is 4.26. The highest BCUT2D eigenvalue weighted by molar-refractivity contribution is 7.98. The average molecular weight is 317 g/mol. The Morgan fingerprint density at radius 3 is 2.71 bits per heavy atom. The molecule has 108 valence electrons. The van der Waals surface area contributed by atoms with Crippen LogP contribution in [0.3, 0.4) is 0 Å². The van der Waals surface area contributed by atoms with Crippen molar-refractivity contribution in [2.24, 2.45) is 0 Å². The van der Waals surface area contributed by atoms with E-state index >= 15 is 0 Å². The van der Waals surface area contributed by atoms with Crippen molar-refractivity contribution < 1.29 is 4.74 Å². The lowest BCUT2D eigenvalue weighted by Crippen LogP contribution is -1.95. The average Bonchev–Trinajstić information content (AvgIpc) is 3.14. The first-order valence-electron chi connectivity index (χ1n) is 6.48. The van der Waals surface area contributed by atoms with Crippen LogP contribution < -0.4 is 4.74 Å². The van der Waals surface area contributed by atoms with Gasteiger partial charge in [-0.1, -0.05) is 11.8 Å². The summed E-state index contributed by atoms with van der Waals surface area (Å²) in [4.78, 5) is 9.98. The second-order valence-corrected chi connectivity index (χ2v) is 6.67. The first-order valence-corrected chi connectivity index (χ1v) is 8.28. The number of imidazole rings is 1. The van der Waals surface area contributed by atoms with Crippen LogP contribution in [0.1, 0.15) is 9.88 Å². The van der Waals surface area contributed by atoms with Crippen molar-refractivity contribution in [3.8, 4) is 11.4 Å². The zero-order valence-electron chi connectivity index (χ0n) is 11.8. The SMILES string of the molecule is COc1ccc(-n2ccnc2SCc2cnc(C)s2)cc1. The van der Waals surface area contributed by atoms with E-state index in [1.807, 2.05) is 49.8 Å². The third-order valence-corrected chi connectivity index (χ3v) is 5.08. The van der Waals surface area contributed by atoms with Crippen molar-refractivity contribution in [3.05, 3.63) is 52.7 Å². The Labute approximate surface area is 131 Å². The van der Waals surface area contributed by atoms with Crippen LogP contribution in [0.15, 0.2) is 48.0 Å². The molecule has 0 bridgehead atoms. The quantitative estimate of drug-likeness (QED) is 0.668. The molecule has 0 saturated heterocycles. The van der Waals surface area contributed by atoms with Gasteiger partial charge < -0.3 is 4.74 Å². The fourth-order valence-corrected chi connectivity index (χ4v) is 3.73. The zero-order valence-corrected chi connectivity index (χ0v) is 13.4. The number of hydrogen-bond donors (Lipinski definition) is 0. The number of aryl methyl sites for hydroxylation is 1. The highest BCUT2D eigenvalue weighted by Gasteiger charge is 2.07. The van der Waals surface area contributed by atoms with Crippen LogP contribution >= 0.6 is 23.1 Å². The highest BCUT2D eigenvalue weighted by Crippen LogP contribution is 2.27. The molecular formula is C15H15N3OS2. The molecule has 2 aromatic heterocycles. The summed E-state index contributed by atoms with van der Waals surface area (Å²) < 4.78 is 7.27. The van der Waals surface area contributed by atoms with Crippen molar-refractivity contribution in [2.45, 2.75) is 17.8 Å². The Morgan fingerprint density at radius 2 is 2.05 bits per heavy atom. The van der Waals surface area contributed by atoms with Crippen LogP contribution in [-0.4, -0.2) is 21.6 Å². The van der Waals surface area contributed by atoms with E-state index in [4.69, 9.17) is 4.74 Å². The molecular weight excluding hydrogens is 302 g/mol. The van der Waals surface area contributed by atoms with Crippen molar-refractivity contribution >= 4 is 23.1 Å². The van der Waals surface area contributed by atoms with Gasteiger partial charge in [0.1, 0.15) is 5.75 Å². The molecule has 6 heteroatoms. The van der Waals surface area contributed by atoms with E-state index < -0.39 is 0 Å². The molecule has 0 amide bonds. The lowest BCUT2D eigenvalue weighted by Gasteiger charge is -2.07. The van der Waals surface area contributed by atoms with Gasteiger partial charge in [-0.05, 0) is 31.2 Å². The molecule has 3 rings (SSSR count). The summed E-state index contributed by atoms with van der Waals surface area (Å²) in [6, 6.07) is 7.97. The normalized spacial score (nSPS) is 10.8. The van der Waals surface area contributed by atoms with Gasteiger partial charge in [-0.15, -0.1) is 11.3 Å². The zero-order chi connectivity index (χ0) is 14.7. The van der Waals surface area contributed by atoms with Gasteiger partial charge in [0.25, 0.3) is 0 Å². The molecule has 0 aliphatic carbocycles. The number of thioether (sulfide) groups is 1. The summed E-state index contributed by atoms with van der Waals surface area (Å²) in [6.07, 6.45) is 5.74. The summed E-state index contributed by atoms with van der Waals surface area (Å²) in [5, 5.41) is 2.08. The lowest BCUT2D eigenvalue weighted by molar-refractivity contribution is 0.414. The van der Waals surface area contributed by atoms with Crippen LogP contribution in [0.4, 0.5) is 0 Å². The summed E-state index contributed by atoms with van der Waals surface area (Å²) in [5.74, 6) is 1.74. The third-order valence-electron chi connectivity index (χ3n) is 2.97. The van der Waals surface area contributed by atoms with E-state index in [0.717, 1.165) is 27.4 Å². The number of aromatic nitrogens is 3. The number of benzene rings is 1. The Hall–Kier alpha value is -1.79. The molecule has 0 spiro atoms. The molecule has 21 heavy (non-hydrogen) atoms. The molecule has 0 fully saturated rings. The second-order valence-electron chi connectivity index (χ2n) is 4.41. The maximum absolute atomic E-state index is 5.19. The van der Waals surface area contributed by atoms with Crippen molar-refractivity contribution in [3.63, 3.8) is 0 Å². The first kappa shape index (κ1) is 14.2. The van der Waals surface area contributed by atoms with E-state index in [1.165, 1.54) is 4.88 Å². The Balaban J connectivity index is 1.76. The summed E-state index contributed by atoms with van der Waals surface area (Å²) in [5.41, 5.74) is 1.08. The van der Waals surface area contributed by atoms with E-state index in [2.05, 4.69) is 14.5 Å². The number of ether oxygens (including phenoxy) is 1. The minimum atomic E-state index is 0.855. The smallest absolute Gasteiger partial charge is 0.172 e. The van der Waals surface area contributed by atoms with E-state index in [1.54, 1.807) is 30.2 Å². The van der Waals surface area contributed by atoms with Crippen LogP contribution in [-0.2, 0) is 5.75 Å². The third kappa shape index (κ3) is 3.28. The van der Waals surface area contributed by atoms with Crippen LogP contribution in [0.25, 0.3) is 5.69 Å². The molecule has 0 saturated carbocycles. The fourth-order valence-electron chi connectivity index (χ4n) is 1.94. The van der Waals surface area contributed by atoms with Crippen LogP contribution in [0, 0.1) is 6.92 Å². The fraction of sp³-hybridized carbons (Fsp3) is 0.200. The van der Waals surface area contributed by atoms with Crippen molar-refractivity contribution in [1.82, 2.24) is 14.5 Å². The van der Waals surface area contributed by atoms with Gasteiger partial charge in [-0.3, -0.25) is 4.57 Å². The van der Waals surface area contributed by atoms with Gasteiger partial charge in [-0.25, -0.2) is 9.97 Å².